The second-order valence-electron chi connectivity index (χ2n) is 6.57. The van der Waals surface area contributed by atoms with Crippen molar-refractivity contribution in [1.29, 1.82) is 0 Å². The maximum atomic E-state index is 12.2. The summed E-state index contributed by atoms with van der Waals surface area (Å²) in [5.41, 5.74) is 0.516. The maximum Gasteiger partial charge on any atom is 0.330 e. The van der Waals surface area contributed by atoms with Gasteiger partial charge >= 0.3 is 5.97 Å². The number of benzene rings is 1. The molecule has 3 rings (SSSR count). The lowest BCUT2D eigenvalue weighted by atomic mass is 10.00. The molecule has 0 aliphatic carbocycles. The Labute approximate surface area is 152 Å². The minimum Gasteiger partial charge on any atom is -0.466 e. The Morgan fingerprint density at radius 2 is 2.00 bits per heavy atom. The van der Waals surface area contributed by atoms with Gasteiger partial charge in [-0.25, -0.2) is 4.79 Å². The number of amides is 2. The largest absolute Gasteiger partial charge is 0.466 e. The third-order valence-electron chi connectivity index (χ3n) is 4.74. The minimum atomic E-state index is -0.569. The molecule has 1 aromatic rings. The van der Waals surface area contributed by atoms with Gasteiger partial charge in [0.1, 0.15) is 12.2 Å². The van der Waals surface area contributed by atoms with Crippen LogP contribution >= 0.6 is 0 Å². The van der Waals surface area contributed by atoms with E-state index in [1.165, 1.54) is 13.2 Å². The van der Waals surface area contributed by atoms with Crippen LogP contribution in [0.3, 0.4) is 0 Å². The highest BCUT2D eigenvalue weighted by atomic mass is 16.5. The van der Waals surface area contributed by atoms with Crippen molar-refractivity contribution >= 4 is 17.8 Å². The monoisotopic (exact) mass is 358 g/mol. The van der Waals surface area contributed by atoms with Crippen LogP contribution in [-0.2, 0) is 30.4 Å². The van der Waals surface area contributed by atoms with Gasteiger partial charge in [0.15, 0.2) is 0 Å². The summed E-state index contributed by atoms with van der Waals surface area (Å²) in [4.78, 5) is 39.0. The molecule has 2 fully saturated rings. The number of nitrogens with zero attached hydrogens (tertiary/aromatic N) is 2. The molecule has 2 aliphatic heterocycles. The van der Waals surface area contributed by atoms with Crippen molar-refractivity contribution in [2.45, 2.75) is 18.6 Å². The molecule has 1 spiro atoms. The zero-order chi connectivity index (χ0) is 18.6. The summed E-state index contributed by atoms with van der Waals surface area (Å²) in [6.45, 7) is 1.92. The first kappa shape index (κ1) is 18.1. The standard InChI is InChI=1S/C19H22N2O5/c1-25-18(24)8-7-16(22)20-10-9-19(13-20)14-21(17(23)12-26-19)11-15-5-3-2-4-6-15/h2-8H,9-14H2,1H3/b8-7+. The molecule has 1 unspecified atom stereocenters. The molecule has 2 amide bonds. The van der Waals surface area contributed by atoms with Crippen LogP contribution in [0.15, 0.2) is 42.5 Å². The predicted molar refractivity (Wildman–Crippen MR) is 92.9 cm³/mol. The van der Waals surface area contributed by atoms with Crippen molar-refractivity contribution in [3.8, 4) is 0 Å². The number of methoxy groups -OCH3 is 1. The summed E-state index contributed by atoms with van der Waals surface area (Å²) in [6, 6.07) is 9.79. The molecule has 2 saturated heterocycles. The van der Waals surface area contributed by atoms with E-state index < -0.39 is 11.6 Å². The van der Waals surface area contributed by atoms with Crippen LogP contribution in [0.25, 0.3) is 0 Å². The van der Waals surface area contributed by atoms with Crippen molar-refractivity contribution in [2.75, 3.05) is 33.4 Å². The number of esters is 1. The van der Waals surface area contributed by atoms with Crippen LogP contribution in [0.5, 0.6) is 0 Å². The molecule has 0 radical (unpaired) electrons. The molecule has 7 heteroatoms. The maximum absolute atomic E-state index is 12.2. The molecule has 7 nitrogen and oxygen atoms in total. The van der Waals surface area contributed by atoms with Crippen LogP contribution in [0, 0.1) is 0 Å². The van der Waals surface area contributed by atoms with E-state index in [9.17, 15) is 14.4 Å². The Balaban J connectivity index is 1.63. The highest BCUT2D eigenvalue weighted by Gasteiger charge is 2.45. The van der Waals surface area contributed by atoms with Crippen LogP contribution < -0.4 is 0 Å². The van der Waals surface area contributed by atoms with E-state index in [1.54, 1.807) is 9.80 Å². The first-order valence-electron chi connectivity index (χ1n) is 8.52. The van der Waals surface area contributed by atoms with Gasteiger partial charge in [-0.05, 0) is 12.0 Å². The number of carbonyl (C=O) groups excluding carboxylic acids is 3. The second kappa shape index (κ2) is 7.70. The Hall–Kier alpha value is -2.67. The Morgan fingerprint density at radius 3 is 2.73 bits per heavy atom. The van der Waals surface area contributed by atoms with E-state index in [1.807, 2.05) is 30.3 Å². The fraction of sp³-hybridized carbons (Fsp3) is 0.421. The Morgan fingerprint density at radius 1 is 1.23 bits per heavy atom. The van der Waals surface area contributed by atoms with E-state index in [-0.39, 0.29) is 18.4 Å². The SMILES string of the molecule is COC(=O)/C=C/C(=O)N1CCC2(C1)CN(Cc1ccccc1)C(=O)CO2. The molecule has 0 bridgehead atoms. The van der Waals surface area contributed by atoms with Gasteiger partial charge in [-0.3, -0.25) is 9.59 Å². The smallest absolute Gasteiger partial charge is 0.330 e. The first-order valence-corrected chi connectivity index (χ1v) is 8.52. The first-order chi connectivity index (χ1) is 12.5. The molecule has 2 aliphatic rings. The van der Waals surface area contributed by atoms with Crippen molar-refractivity contribution in [2.24, 2.45) is 0 Å². The molecule has 138 valence electrons. The van der Waals surface area contributed by atoms with E-state index in [0.717, 1.165) is 11.6 Å². The number of morpholine rings is 1. The van der Waals surface area contributed by atoms with Crippen LogP contribution in [0.4, 0.5) is 0 Å². The quantitative estimate of drug-likeness (QED) is 0.586. The lowest BCUT2D eigenvalue weighted by Gasteiger charge is -2.40. The molecule has 1 atom stereocenters. The number of rotatable bonds is 4. The number of carbonyl (C=O) groups is 3. The third kappa shape index (κ3) is 4.11. The summed E-state index contributed by atoms with van der Waals surface area (Å²) in [5, 5.41) is 0. The van der Waals surface area contributed by atoms with Gasteiger partial charge in [-0.1, -0.05) is 30.3 Å². The van der Waals surface area contributed by atoms with Crippen LogP contribution in [0.2, 0.25) is 0 Å². The number of hydrogen-bond donors (Lipinski definition) is 0. The van der Waals surface area contributed by atoms with Gasteiger partial charge in [0, 0.05) is 25.2 Å². The summed E-state index contributed by atoms with van der Waals surface area (Å²) in [6.07, 6.45) is 2.98. The summed E-state index contributed by atoms with van der Waals surface area (Å²) in [7, 11) is 1.26. The molecule has 0 saturated carbocycles. The molecular weight excluding hydrogens is 336 g/mol. The summed E-state index contributed by atoms with van der Waals surface area (Å²) >= 11 is 0. The third-order valence-corrected chi connectivity index (χ3v) is 4.74. The van der Waals surface area contributed by atoms with Crippen LogP contribution in [-0.4, -0.2) is 66.5 Å². The highest BCUT2D eigenvalue weighted by Crippen LogP contribution is 2.30. The second-order valence-corrected chi connectivity index (χ2v) is 6.57. The van der Waals surface area contributed by atoms with E-state index >= 15 is 0 Å². The summed E-state index contributed by atoms with van der Waals surface area (Å²) < 4.78 is 10.3. The van der Waals surface area contributed by atoms with E-state index in [2.05, 4.69) is 4.74 Å². The van der Waals surface area contributed by atoms with E-state index in [0.29, 0.717) is 32.6 Å². The topological polar surface area (TPSA) is 76.2 Å². The molecule has 0 N–H and O–H groups in total. The lowest BCUT2D eigenvalue weighted by molar-refractivity contribution is -0.163. The average Bonchev–Trinajstić information content (AvgIpc) is 3.07. The normalized spacial score (nSPS) is 23.0. The molecule has 0 aromatic heterocycles. The van der Waals surface area contributed by atoms with E-state index in [4.69, 9.17) is 4.74 Å². The molecule has 26 heavy (non-hydrogen) atoms. The zero-order valence-corrected chi connectivity index (χ0v) is 14.7. The van der Waals surface area contributed by atoms with Crippen molar-refractivity contribution in [3.63, 3.8) is 0 Å². The van der Waals surface area contributed by atoms with Crippen molar-refractivity contribution < 1.29 is 23.9 Å². The fourth-order valence-corrected chi connectivity index (χ4v) is 3.33. The number of likely N-dealkylation sites (tertiary alicyclic amines) is 1. The highest BCUT2D eigenvalue weighted by molar-refractivity contribution is 5.94. The molecule has 2 heterocycles. The van der Waals surface area contributed by atoms with Gasteiger partial charge in [-0.2, -0.15) is 0 Å². The van der Waals surface area contributed by atoms with Gasteiger partial charge < -0.3 is 19.3 Å². The van der Waals surface area contributed by atoms with Gasteiger partial charge in [0.2, 0.25) is 11.8 Å². The van der Waals surface area contributed by atoms with Gasteiger partial charge in [-0.15, -0.1) is 0 Å². The number of hydrogen-bond acceptors (Lipinski definition) is 5. The van der Waals surface area contributed by atoms with Crippen molar-refractivity contribution in [3.05, 3.63) is 48.0 Å². The van der Waals surface area contributed by atoms with Crippen LogP contribution in [0.1, 0.15) is 12.0 Å². The predicted octanol–water partition coefficient (Wildman–Crippen LogP) is 0.746. The lowest BCUT2D eigenvalue weighted by Crippen LogP contribution is -2.55. The Kier molecular flexibility index (Phi) is 5.37. The van der Waals surface area contributed by atoms with Gasteiger partial charge in [0.05, 0.1) is 20.2 Å². The Bertz CT molecular complexity index is 718. The zero-order valence-electron chi connectivity index (χ0n) is 14.7. The summed E-state index contributed by atoms with van der Waals surface area (Å²) in [5.74, 6) is -0.877. The molecular formula is C19H22N2O5. The van der Waals surface area contributed by atoms with Gasteiger partial charge in [0.25, 0.3) is 0 Å². The van der Waals surface area contributed by atoms with Crippen molar-refractivity contribution in [1.82, 2.24) is 9.80 Å². The average molecular weight is 358 g/mol. The fourth-order valence-electron chi connectivity index (χ4n) is 3.33. The minimum absolute atomic E-state index is 0.0207. The molecule has 1 aromatic carbocycles. The number of ether oxygens (including phenoxy) is 2.